The summed E-state index contributed by atoms with van der Waals surface area (Å²) in [5, 5.41) is 2.65. The molecule has 0 unspecified atom stereocenters. The highest BCUT2D eigenvalue weighted by molar-refractivity contribution is 6.06. The van der Waals surface area contributed by atoms with Crippen LogP contribution in [0.15, 0.2) is 42.5 Å². The Morgan fingerprint density at radius 3 is 2.43 bits per heavy atom. The summed E-state index contributed by atoms with van der Waals surface area (Å²) in [5.41, 5.74) is 0.178. The molecule has 0 spiro atoms. The van der Waals surface area contributed by atoms with Gasteiger partial charge in [-0.25, -0.2) is 0 Å². The number of carbonyl (C=O) groups is 1. The zero-order valence-electron chi connectivity index (χ0n) is 17.0. The summed E-state index contributed by atoms with van der Waals surface area (Å²) in [7, 11) is 0. The van der Waals surface area contributed by atoms with Crippen molar-refractivity contribution in [3.05, 3.63) is 53.6 Å². The predicted octanol–water partition coefficient (Wildman–Crippen LogP) is 4.97. The molecule has 2 aromatic rings. The van der Waals surface area contributed by atoms with E-state index >= 15 is 0 Å². The van der Waals surface area contributed by atoms with E-state index < -0.39 is 17.6 Å². The highest BCUT2D eigenvalue weighted by Gasteiger charge is 2.32. The molecule has 1 amide bonds. The molecule has 1 aliphatic heterocycles. The topological polar surface area (TPSA) is 50.8 Å². The van der Waals surface area contributed by atoms with Crippen molar-refractivity contribution in [2.75, 3.05) is 36.5 Å². The van der Waals surface area contributed by atoms with Crippen LogP contribution in [-0.4, -0.2) is 38.3 Å². The number of anilines is 2. The molecule has 0 radical (unpaired) electrons. The number of morpholine rings is 1. The van der Waals surface area contributed by atoms with Crippen molar-refractivity contribution < 1.29 is 27.4 Å². The molecule has 0 aliphatic carbocycles. The van der Waals surface area contributed by atoms with Gasteiger partial charge in [0.1, 0.15) is 5.75 Å². The van der Waals surface area contributed by atoms with Gasteiger partial charge in [-0.1, -0.05) is 6.92 Å². The Morgan fingerprint density at radius 2 is 1.83 bits per heavy atom. The minimum atomic E-state index is -4.50. The normalized spacial score (nSPS) is 15.6. The third-order valence-corrected chi connectivity index (χ3v) is 4.95. The molecular weight excluding hydrogens is 397 g/mol. The maximum Gasteiger partial charge on any atom is 0.416 e. The first-order chi connectivity index (χ1) is 14.3. The first kappa shape index (κ1) is 22.0. The molecule has 1 N–H and O–H groups in total. The zero-order chi connectivity index (χ0) is 21.7. The van der Waals surface area contributed by atoms with Gasteiger partial charge in [0.05, 0.1) is 36.3 Å². The Bertz CT molecular complexity index is 863. The maximum absolute atomic E-state index is 13.2. The van der Waals surface area contributed by atoms with Crippen molar-refractivity contribution in [2.45, 2.75) is 32.5 Å². The van der Waals surface area contributed by atoms with E-state index in [1.807, 2.05) is 18.7 Å². The van der Waals surface area contributed by atoms with Crippen LogP contribution in [0.1, 0.15) is 36.2 Å². The molecule has 30 heavy (non-hydrogen) atoms. The molecule has 1 heterocycles. The van der Waals surface area contributed by atoms with Gasteiger partial charge in [-0.05, 0) is 55.8 Å². The fourth-order valence-corrected chi connectivity index (χ4v) is 3.09. The number of rotatable bonds is 6. The number of ether oxygens (including phenoxy) is 2. The third kappa shape index (κ3) is 5.44. The van der Waals surface area contributed by atoms with Crippen molar-refractivity contribution in [1.82, 2.24) is 0 Å². The number of hydrogen-bond acceptors (Lipinski definition) is 4. The first-order valence-electron chi connectivity index (χ1n) is 9.90. The lowest BCUT2D eigenvalue weighted by atomic mass is 10.1. The van der Waals surface area contributed by atoms with Crippen LogP contribution < -0.4 is 15.0 Å². The Balaban J connectivity index is 1.83. The van der Waals surface area contributed by atoms with Crippen molar-refractivity contribution in [3.63, 3.8) is 0 Å². The smallest absolute Gasteiger partial charge is 0.416 e. The zero-order valence-corrected chi connectivity index (χ0v) is 17.0. The number of amides is 1. The Morgan fingerprint density at radius 1 is 1.17 bits per heavy atom. The lowest BCUT2D eigenvalue weighted by molar-refractivity contribution is -0.137. The Kier molecular flexibility index (Phi) is 6.87. The molecule has 2 aromatic carbocycles. The lowest BCUT2D eigenvalue weighted by Crippen LogP contribution is -2.36. The van der Waals surface area contributed by atoms with Crippen molar-refractivity contribution >= 4 is 17.3 Å². The van der Waals surface area contributed by atoms with Crippen molar-refractivity contribution in [1.29, 1.82) is 0 Å². The highest BCUT2D eigenvalue weighted by atomic mass is 19.4. The fourth-order valence-electron chi connectivity index (χ4n) is 3.09. The third-order valence-electron chi connectivity index (χ3n) is 4.95. The number of benzene rings is 2. The van der Waals surface area contributed by atoms with E-state index in [4.69, 9.17) is 9.47 Å². The summed E-state index contributed by atoms with van der Waals surface area (Å²) in [4.78, 5) is 14.6. The first-order valence-corrected chi connectivity index (χ1v) is 9.90. The van der Waals surface area contributed by atoms with Crippen molar-refractivity contribution in [3.8, 4) is 5.75 Å². The minimum absolute atomic E-state index is 0.0471. The Labute approximate surface area is 173 Å². The fraction of sp³-hybridized carbons (Fsp3) is 0.409. The summed E-state index contributed by atoms with van der Waals surface area (Å²) >= 11 is 0. The average Bonchev–Trinajstić information content (AvgIpc) is 2.74. The monoisotopic (exact) mass is 422 g/mol. The van der Waals surface area contributed by atoms with E-state index in [0.717, 1.165) is 18.6 Å². The van der Waals surface area contributed by atoms with Crippen LogP contribution in [0.25, 0.3) is 0 Å². The molecule has 0 saturated carbocycles. The van der Waals surface area contributed by atoms with Crippen LogP contribution in [0.4, 0.5) is 24.5 Å². The van der Waals surface area contributed by atoms with Gasteiger partial charge in [0.2, 0.25) is 0 Å². The highest BCUT2D eigenvalue weighted by Crippen LogP contribution is 2.36. The van der Waals surface area contributed by atoms with E-state index in [-0.39, 0.29) is 11.8 Å². The molecule has 3 rings (SSSR count). The van der Waals surface area contributed by atoms with Gasteiger partial charge >= 0.3 is 6.18 Å². The van der Waals surface area contributed by atoms with E-state index in [0.29, 0.717) is 43.3 Å². The van der Waals surface area contributed by atoms with Gasteiger partial charge in [0, 0.05) is 18.7 Å². The number of carbonyl (C=O) groups excluding carboxylic acids is 1. The summed E-state index contributed by atoms with van der Waals surface area (Å²) in [6.07, 6.45) is -3.61. The number of nitrogens with one attached hydrogen (secondary N) is 1. The second-order valence-electron chi connectivity index (χ2n) is 7.14. The minimum Gasteiger partial charge on any atom is -0.491 e. The van der Waals surface area contributed by atoms with Crippen LogP contribution in [-0.2, 0) is 10.9 Å². The molecule has 0 aromatic heterocycles. The van der Waals surface area contributed by atoms with E-state index in [2.05, 4.69) is 5.32 Å². The van der Waals surface area contributed by atoms with Gasteiger partial charge in [0.15, 0.2) is 0 Å². The van der Waals surface area contributed by atoms with Gasteiger partial charge < -0.3 is 19.7 Å². The van der Waals surface area contributed by atoms with E-state index in [9.17, 15) is 18.0 Å². The maximum atomic E-state index is 13.2. The van der Waals surface area contributed by atoms with Crippen LogP contribution >= 0.6 is 0 Å². The molecule has 1 saturated heterocycles. The van der Waals surface area contributed by atoms with Gasteiger partial charge in [-0.3, -0.25) is 4.79 Å². The average molecular weight is 422 g/mol. The number of halogens is 3. The van der Waals surface area contributed by atoms with E-state index in [1.165, 1.54) is 6.07 Å². The molecule has 0 bridgehead atoms. The molecule has 1 atom stereocenters. The standard InChI is InChI=1S/C22H25F3N2O3/c1-3-15(2)30-18-7-4-16(5-8-18)21(28)26-19-14-17(22(23,24)25)6-9-20(19)27-10-12-29-13-11-27/h4-9,14-15H,3,10-13H2,1-2H3,(H,26,28)/t15-/m1/s1. The van der Waals surface area contributed by atoms with Crippen LogP contribution in [0.5, 0.6) is 5.75 Å². The van der Waals surface area contributed by atoms with Gasteiger partial charge in [-0.2, -0.15) is 13.2 Å². The quantitative estimate of drug-likeness (QED) is 0.714. The molecule has 1 aliphatic rings. The summed E-state index contributed by atoms with van der Waals surface area (Å²) in [6.45, 7) is 5.99. The lowest BCUT2D eigenvalue weighted by Gasteiger charge is -2.31. The van der Waals surface area contributed by atoms with Crippen LogP contribution in [0.3, 0.4) is 0 Å². The summed E-state index contributed by atoms with van der Waals surface area (Å²) in [6, 6.07) is 9.94. The number of nitrogens with zero attached hydrogens (tertiary/aromatic N) is 1. The summed E-state index contributed by atoms with van der Waals surface area (Å²) in [5.74, 6) is 0.146. The Hall–Kier alpha value is -2.74. The summed E-state index contributed by atoms with van der Waals surface area (Å²) < 4.78 is 50.7. The number of hydrogen-bond donors (Lipinski definition) is 1. The molecular formula is C22H25F3N2O3. The molecule has 1 fully saturated rings. The second kappa shape index (κ2) is 9.38. The molecule has 5 nitrogen and oxygen atoms in total. The predicted molar refractivity (Wildman–Crippen MR) is 109 cm³/mol. The van der Waals surface area contributed by atoms with E-state index in [1.54, 1.807) is 24.3 Å². The van der Waals surface area contributed by atoms with Gasteiger partial charge in [0.25, 0.3) is 5.91 Å². The van der Waals surface area contributed by atoms with Crippen LogP contribution in [0, 0.1) is 0 Å². The van der Waals surface area contributed by atoms with Crippen molar-refractivity contribution in [2.24, 2.45) is 0 Å². The SMILES string of the molecule is CC[C@@H](C)Oc1ccc(C(=O)Nc2cc(C(F)(F)F)ccc2N2CCOCC2)cc1. The largest absolute Gasteiger partial charge is 0.491 e. The second-order valence-corrected chi connectivity index (χ2v) is 7.14. The molecule has 8 heteroatoms. The van der Waals surface area contributed by atoms with Gasteiger partial charge in [-0.15, -0.1) is 0 Å². The number of alkyl halides is 3. The molecule has 162 valence electrons. The van der Waals surface area contributed by atoms with Crippen LogP contribution in [0.2, 0.25) is 0 Å².